The van der Waals surface area contributed by atoms with Gasteiger partial charge in [0.1, 0.15) is 5.52 Å². The van der Waals surface area contributed by atoms with Crippen LogP contribution < -0.4 is 5.32 Å². The molecule has 1 N–H and O–H groups in total. The molecule has 0 spiro atoms. The molecule has 0 aliphatic heterocycles. The molecular weight excluding hydrogens is 454 g/mol. The van der Waals surface area contributed by atoms with Gasteiger partial charge in [0.15, 0.2) is 5.65 Å². The van der Waals surface area contributed by atoms with Crippen molar-refractivity contribution in [3.8, 4) is 0 Å². The van der Waals surface area contributed by atoms with Gasteiger partial charge in [0.25, 0.3) is 0 Å². The third kappa shape index (κ3) is 5.69. The summed E-state index contributed by atoms with van der Waals surface area (Å²) in [6.45, 7) is 1.38. The molecule has 5 rings (SSSR count). The van der Waals surface area contributed by atoms with Gasteiger partial charge in [-0.25, -0.2) is 4.98 Å². The largest absolute Gasteiger partial charge is 0.356 e. The first kappa shape index (κ1) is 23.1. The van der Waals surface area contributed by atoms with E-state index in [-0.39, 0.29) is 5.91 Å². The highest BCUT2D eigenvalue weighted by molar-refractivity contribution is 7.99. The van der Waals surface area contributed by atoms with Crippen molar-refractivity contribution in [1.82, 2.24) is 25.1 Å². The first-order valence-corrected chi connectivity index (χ1v) is 12.9. The van der Waals surface area contributed by atoms with Crippen LogP contribution in [-0.4, -0.2) is 38.0 Å². The Bertz CT molecular complexity index is 1420. The molecule has 176 valence electrons. The van der Waals surface area contributed by atoms with E-state index in [9.17, 15) is 4.79 Å². The van der Waals surface area contributed by atoms with E-state index in [0.29, 0.717) is 18.1 Å². The lowest BCUT2D eigenvalue weighted by Crippen LogP contribution is -2.25. The number of hydrogen-bond donors (Lipinski definition) is 1. The van der Waals surface area contributed by atoms with Gasteiger partial charge in [-0.15, -0.1) is 10.2 Å². The monoisotopic (exact) mass is 481 g/mol. The Hall–Kier alpha value is -3.71. The quantitative estimate of drug-likeness (QED) is 0.218. The molecule has 0 fully saturated rings. The lowest BCUT2D eigenvalue weighted by molar-refractivity contribution is -0.121. The van der Waals surface area contributed by atoms with Crippen LogP contribution in [0, 0.1) is 0 Å². The molecule has 3 aromatic carbocycles. The second kappa shape index (κ2) is 11.1. The zero-order valence-electron chi connectivity index (χ0n) is 19.4. The van der Waals surface area contributed by atoms with Gasteiger partial charge in [0, 0.05) is 30.6 Å². The predicted octanol–water partition coefficient (Wildman–Crippen LogP) is 5.26. The summed E-state index contributed by atoms with van der Waals surface area (Å²) >= 11 is 1.54. The summed E-state index contributed by atoms with van der Waals surface area (Å²) < 4.78 is 2.21. The van der Waals surface area contributed by atoms with Crippen molar-refractivity contribution in [1.29, 1.82) is 0 Å². The molecule has 7 heteroatoms. The fraction of sp³-hybridized carbons (Fsp3) is 0.214. The van der Waals surface area contributed by atoms with E-state index >= 15 is 0 Å². The molecule has 5 aromatic rings. The van der Waals surface area contributed by atoms with Crippen LogP contribution in [-0.2, 0) is 17.8 Å². The minimum Gasteiger partial charge on any atom is -0.356 e. The van der Waals surface area contributed by atoms with Crippen molar-refractivity contribution < 1.29 is 4.79 Å². The summed E-state index contributed by atoms with van der Waals surface area (Å²) in [5.41, 5.74) is 5.20. The molecule has 0 saturated heterocycles. The van der Waals surface area contributed by atoms with Crippen molar-refractivity contribution >= 4 is 39.7 Å². The van der Waals surface area contributed by atoms with E-state index in [1.807, 2.05) is 36.4 Å². The Labute approximate surface area is 208 Å². The molecule has 2 aromatic heterocycles. The minimum absolute atomic E-state index is 0.0824. The highest BCUT2D eigenvalue weighted by Gasteiger charge is 2.15. The Morgan fingerprint density at radius 3 is 2.37 bits per heavy atom. The smallest absolute Gasteiger partial charge is 0.220 e. The average molecular weight is 482 g/mol. The zero-order chi connectivity index (χ0) is 23.9. The number of nitrogens with one attached hydrogen (secondary N) is 1. The topological polar surface area (TPSA) is 72.7 Å². The third-order valence-corrected chi connectivity index (χ3v) is 6.82. The normalized spacial score (nSPS) is 11.2. The van der Waals surface area contributed by atoms with E-state index in [1.165, 1.54) is 11.1 Å². The highest BCUT2D eigenvalue weighted by atomic mass is 32.2. The fourth-order valence-electron chi connectivity index (χ4n) is 4.15. The van der Waals surface area contributed by atoms with Crippen LogP contribution in [0.2, 0.25) is 0 Å². The Kier molecular flexibility index (Phi) is 7.34. The maximum Gasteiger partial charge on any atom is 0.220 e. The summed E-state index contributed by atoms with van der Waals surface area (Å²) in [5, 5.41) is 13.6. The number of thioether (sulfide) groups is 1. The van der Waals surface area contributed by atoms with Crippen LogP contribution in [0.25, 0.3) is 22.1 Å². The first-order valence-electron chi connectivity index (χ1n) is 11.9. The Morgan fingerprint density at radius 2 is 1.57 bits per heavy atom. The standard InChI is InChI=1S/C28H27N5OS/c34-25(29-18-17-21-10-3-1-4-11-21)16-9-19-35-28-30-27-26(31-32-28)23-14-7-8-15-24(23)33(27)20-22-12-5-2-6-13-22/h1-8,10-15H,9,16-20H2,(H,29,34). The summed E-state index contributed by atoms with van der Waals surface area (Å²) in [5.74, 6) is 0.845. The predicted molar refractivity (Wildman–Crippen MR) is 141 cm³/mol. The SMILES string of the molecule is O=C(CCCSc1nnc2c3ccccc3n(Cc3ccccc3)c2n1)NCCc1ccccc1. The van der Waals surface area contributed by atoms with Crippen LogP contribution >= 0.6 is 11.8 Å². The number of nitrogens with zero attached hydrogens (tertiary/aromatic N) is 4. The highest BCUT2D eigenvalue weighted by Crippen LogP contribution is 2.28. The number of hydrogen-bond acceptors (Lipinski definition) is 5. The summed E-state index contributed by atoms with van der Waals surface area (Å²) in [7, 11) is 0. The zero-order valence-corrected chi connectivity index (χ0v) is 20.2. The van der Waals surface area contributed by atoms with Crippen LogP contribution in [0.3, 0.4) is 0 Å². The minimum atomic E-state index is 0.0824. The lowest BCUT2D eigenvalue weighted by atomic mass is 10.1. The number of carbonyl (C=O) groups is 1. The second-order valence-electron chi connectivity index (χ2n) is 8.39. The van der Waals surface area contributed by atoms with Gasteiger partial charge in [-0.05, 0) is 30.0 Å². The summed E-state index contributed by atoms with van der Waals surface area (Å²) in [4.78, 5) is 17.0. The average Bonchev–Trinajstić information content (AvgIpc) is 3.21. The van der Waals surface area contributed by atoms with Crippen LogP contribution in [0.4, 0.5) is 0 Å². The second-order valence-corrected chi connectivity index (χ2v) is 9.46. The Morgan fingerprint density at radius 1 is 0.857 bits per heavy atom. The van der Waals surface area contributed by atoms with Gasteiger partial charge >= 0.3 is 0 Å². The van der Waals surface area contributed by atoms with Gasteiger partial charge in [-0.3, -0.25) is 4.79 Å². The number of carbonyl (C=O) groups excluding carboxylic acids is 1. The number of fused-ring (bicyclic) bond motifs is 3. The number of para-hydroxylation sites is 1. The van der Waals surface area contributed by atoms with Gasteiger partial charge in [0.2, 0.25) is 11.1 Å². The number of rotatable bonds is 10. The molecule has 0 unspecified atom stereocenters. The van der Waals surface area contributed by atoms with Crippen molar-refractivity contribution in [3.05, 3.63) is 96.1 Å². The Balaban J connectivity index is 1.20. The first-order chi connectivity index (χ1) is 17.3. The molecule has 2 heterocycles. The molecule has 0 radical (unpaired) electrons. The van der Waals surface area contributed by atoms with Gasteiger partial charge in [-0.1, -0.05) is 90.6 Å². The van der Waals surface area contributed by atoms with Crippen molar-refractivity contribution in [2.75, 3.05) is 12.3 Å². The van der Waals surface area contributed by atoms with Crippen molar-refractivity contribution in [2.45, 2.75) is 31.0 Å². The van der Waals surface area contributed by atoms with Gasteiger partial charge < -0.3 is 9.88 Å². The summed E-state index contributed by atoms with van der Waals surface area (Å²) in [6, 6.07) is 28.8. The molecule has 35 heavy (non-hydrogen) atoms. The molecule has 0 aliphatic rings. The van der Waals surface area contributed by atoms with Crippen molar-refractivity contribution in [3.63, 3.8) is 0 Å². The molecule has 0 bridgehead atoms. The number of amides is 1. The van der Waals surface area contributed by atoms with Gasteiger partial charge in [-0.2, -0.15) is 0 Å². The van der Waals surface area contributed by atoms with E-state index in [4.69, 9.17) is 4.98 Å². The van der Waals surface area contributed by atoms with E-state index in [0.717, 1.165) is 47.2 Å². The van der Waals surface area contributed by atoms with Crippen LogP contribution in [0.5, 0.6) is 0 Å². The summed E-state index contributed by atoms with van der Waals surface area (Å²) in [6.07, 6.45) is 2.10. The van der Waals surface area contributed by atoms with E-state index in [2.05, 4.69) is 68.6 Å². The van der Waals surface area contributed by atoms with E-state index in [1.54, 1.807) is 11.8 Å². The maximum atomic E-state index is 12.2. The molecule has 1 amide bonds. The van der Waals surface area contributed by atoms with Gasteiger partial charge in [0.05, 0.1) is 5.52 Å². The third-order valence-electron chi connectivity index (χ3n) is 5.90. The lowest BCUT2D eigenvalue weighted by Gasteiger charge is -2.07. The van der Waals surface area contributed by atoms with E-state index < -0.39 is 0 Å². The number of aromatic nitrogens is 4. The molecule has 6 nitrogen and oxygen atoms in total. The van der Waals surface area contributed by atoms with Crippen LogP contribution in [0.1, 0.15) is 24.0 Å². The maximum absolute atomic E-state index is 12.2. The molecular formula is C28H27N5OS. The van der Waals surface area contributed by atoms with Crippen LogP contribution in [0.15, 0.2) is 90.1 Å². The van der Waals surface area contributed by atoms with Crippen molar-refractivity contribution in [2.24, 2.45) is 0 Å². The fourth-order valence-corrected chi connectivity index (χ4v) is 4.87. The molecule has 0 aliphatic carbocycles. The molecule has 0 atom stereocenters. The number of benzene rings is 3. The molecule has 0 saturated carbocycles.